The average Bonchev–Trinajstić information content (AvgIpc) is 2.83. The number of benzene rings is 3. The van der Waals surface area contributed by atoms with E-state index in [1.807, 2.05) is 0 Å². The van der Waals surface area contributed by atoms with Crippen molar-refractivity contribution in [1.82, 2.24) is 10.2 Å². The number of hydrogen-bond donors (Lipinski definition) is 2. The Labute approximate surface area is 197 Å². The van der Waals surface area contributed by atoms with E-state index in [9.17, 15) is 22.0 Å². The first kappa shape index (κ1) is 23.8. The van der Waals surface area contributed by atoms with Crippen LogP contribution >= 0.6 is 0 Å². The number of nitrogens with one attached hydrogen (secondary N) is 2. The molecule has 1 amide bonds. The molecule has 0 atom stereocenters. The van der Waals surface area contributed by atoms with E-state index in [1.54, 1.807) is 18.2 Å². The summed E-state index contributed by atoms with van der Waals surface area (Å²) in [6, 6.07) is 17.2. The summed E-state index contributed by atoms with van der Waals surface area (Å²) >= 11 is 0. The van der Waals surface area contributed by atoms with Gasteiger partial charge in [-0.1, -0.05) is 18.2 Å². The molecule has 0 saturated carbocycles. The summed E-state index contributed by atoms with van der Waals surface area (Å²) in [7, 11) is -3.94. The molecule has 0 bridgehead atoms. The predicted molar refractivity (Wildman–Crippen MR) is 126 cm³/mol. The fourth-order valence-electron chi connectivity index (χ4n) is 3.89. The van der Waals surface area contributed by atoms with Crippen molar-refractivity contribution in [2.75, 3.05) is 17.8 Å². The molecule has 1 saturated heterocycles. The number of halogens is 2. The van der Waals surface area contributed by atoms with Gasteiger partial charge in [-0.15, -0.1) is 0 Å². The number of carbonyl (C=O) groups excluding carboxylic acids is 1. The molecule has 1 aliphatic heterocycles. The van der Waals surface area contributed by atoms with Crippen LogP contribution in [0, 0.1) is 11.6 Å². The largest absolute Gasteiger partial charge is 0.349 e. The molecule has 1 heterocycles. The number of anilines is 1. The van der Waals surface area contributed by atoms with E-state index in [0.717, 1.165) is 50.2 Å². The van der Waals surface area contributed by atoms with Gasteiger partial charge in [-0.2, -0.15) is 0 Å². The fourth-order valence-corrected chi connectivity index (χ4v) is 4.99. The maximum atomic E-state index is 13.1. The van der Waals surface area contributed by atoms with Gasteiger partial charge in [0, 0.05) is 36.9 Å². The first-order chi connectivity index (χ1) is 16.3. The van der Waals surface area contributed by atoms with Crippen molar-refractivity contribution < 1.29 is 22.0 Å². The molecule has 6 nitrogen and oxygen atoms in total. The Hall–Kier alpha value is -3.30. The van der Waals surface area contributed by atoms with Crippen molar-refractivity contribution in [1.29, 1.82) is 0 Å². The van der Waals surface area contributed by atoms with Gasteiger partial charge in [0.15, 0.2) is 0 Å². The summed E-state index contributed by atoms with van der Waals surface area (Å²) < 4.78 is 53.9. The molecule has 0 unspecified atom stereocenters. The lowest BCUT2D eigenvalue weighted by atomic mass is 10.0. The first-order valence-electron chi connectivity index (χ1n) is 10.9. The van der Waals surface area contributed by atoms with Crippen LogP contribution in [-0.2, 0) is 16.6 Å². The zero-order valence-electron chi connectivity index (χ0n) is 18.4. The summed E-state index contributed by atoms with van der Waals surface area (Å²) in [6.45, 7) is 2.30. The van der Waals surface area contributed by atoms with Crippen LogP contribution in [0.4, 0.5) is 14.5 Å². The highest BCUT2D eigenvalue weighted by Gasteiger charge is 2.22. The summed E-state index contributed by atoms with van der Waals surface area (Å²) in [5.74, 6) is -1.06. The average molecular weight is 486 g/mol. The normalized spacial score (nSPS) is 15.1. The van der Waals surface area contributed by atoms with Crippen LogP contribution in [-0.4, -0.2) is 38.4 Å². The maximum Gasteiger partial charge on any atom is 0.261 e. The number of piperidine rings is 1. The van der Waals surface area contributed by atoms with Crippen molar-refractivity contribution in [2.24, 2.45) is 0 Å². The number of likely N-dealkylation sites (tertiary alicyclic amines) is 1. The minimum Gasteiger partial charge on any atom is -0.349 e. The highest BCUT2D eigenvalue weighted by atomic mass is 32.2. The Morgan fingerprint density at radius 1 is 0.912 bits per heavy atom. The zero-order chi connectivity index (χ0) is 24.1. The van der Waals surface area contributed by atoms with Crippen LogP contribution in [0.3, 0.4) is 0 Å². The molecule has 34 heavy (non-hydrogen) atoms. The lowest BCUT2D eigenvalue weighted by Gasteiger charge is -2.32. The van der Waals surface area contributed by atoms with E-state index in [2.05, 4.69) is 14.9 Å². The second-order valence-electron chi connectivity index (χ2n) is 8.29. The molecule has 0 radical (unpaired) electrons. The standard InChI is InChI=1S/C25H25F2N3O3S/c26-20-6-4-18(5-7-20)17-30-14-12-22(13-15-30)28-25(31)19-2-1-3-24(16-19)34(32,33)29-23-10-8-21(27)9-11-23/h1-11,16,22,29H,12-15,17H2,(H,28,31). The smallest absolute Gasteiger partial charge is 0.261 e. The monoisotopic (exact) mass is 485 g/mol. The van der Waals surface area contributed by atoms with Gasteiger partial charge in [0.2, 0.25) is 0 Å². The summed E-state index contributed by atoms with van der Waals surface area (Å²) in [6.07, 6.45) is 1.52. The Morgan fingerprint density at radius 3 is 2.18 bits per heavy atom. The third-order valence-electron chi connectivity index (χ3n) is 5.75. The maximum absolute atomic E-state index is 13.1. The molecule has 3 aromatic rings. The molecule has 9 heteroatoms. The number of sulfonamides is 1. The van der Waals surface area contributed by atoms with Crippen LogP contribution in [0.2, 0.25) is 0 Å². The molecule has 1 aliphatic rings. The van der Waals surface area contributed by atoms with Crippen LogP contribution in [0.5, 0.6) is 0 Å². The van der Waals surface area contributed by atoms with Gasteiger partial charge in [-0.3, -0.25) is 14.4 Å². The predicted octanol–water partition coefficient (Wildman–Crippen LogP) is 4.16. The Kier molecular flexibility index (Phi) is 7.23. The number of hydrogen-bond acceptors (Lipinski definition) is 4. The molecule has 0 spiro atoms. The fraction of sp³-hybridized carbons (Fsp3) is 0.240. The highest BCUT2D eigenvalue weighted by Crippen LogP contribution is 2.19. The minimum atomic E-state index is -3.94. The van der Waals surface area contributed by atoms with Crippen LogP contribution in [0.1, 0.15) is 28.8 Å². The van der Waals surface area contributed by atoms with Gasteiger partial charge in [0.25, 0.3) is 15.9 Å². The van der Waals surface area contributed by atoms with Crippen molar-refractivity contribution in [3.63, 3.8) is 0 Å². The van der Waals surface area contributed by atoms with Gasteiger partial charge >= 0.3 is 0 Å². The van der Waals surface area contributed by atoms with Crippen molar-refractivity contribution in [3.8, 4) is 0 Å². The molecule has 0 aliphatic carbocycles. The van der Waals surface area contributed by atoms with Gasteiger partial charge in [0.05, 0.1) is 4.90 Å². The van der Waals surface area contributed by atoms with E-state index in [4.69, 9.17) is 0 Å². The van der Waals surface area contributed by atoms with Crippen LogP contribution < -0.4 is 10.0 Å². The summed E-state index contributed by atoms with van der Waals surface area (Å²) in [4.78, 5) is 15.0. The Balaban J connectivity index is 1.33. The number of nitrogens with zero attached hydrogens (tertiary/aromatic N) is 1. The molecule has 1 fully saturated rings. The molecule has 3 aromatic carbocycles. The molecule has 4 rings (SSSR count). The van der Waals surface area contributed by atoms with Crippen molar-refractivity contribution >= 4 is 21.6 Å². The zero-order valence-corrected chi connectivity index (χ0v) is 19.2. The second kappa shape index (κ2) is 10.3. The van der Waals surface area contributed by atoms with E-state index in [-0.39, 0.29) is 33.9 Å². The van der Waals surface area contributed by atoms with Crippen molar-refractivity contribution in [3.05, 3.63) is 95.6 Å². The highest BCUT2D eigenvalue weighted by molar-refractivity contribution is 7.92. The first-order valence-corrected chi connectivity index (χ1v) is 12.4. The van der Waals surface area contributed by atoms with E-state index in [1.165, 1.54) is 42.5 Å². The van der Waals surface area contributed by atoms with E-state index in [0.29, 0.717) is 0 Å². The van der Waals surface area contributed by atoms with Gasteiger partial charge < -0.3 is 5.32 Å². The van der Waals surface area contributed by atoms with Crippen LogP contribution in [0.15, 0.2) is 77.7 Å². The SMILES string of the molecule is O=C(NC1CCN(Cc2ccc(F)cc2)CC1)c1cccc(S(=O)(=O)Nc2ccc(F)cc2)c1. The third-order valence-corrected chi connectivity index (χ3v) is 7.12. The number of carbonyl (C=O) groups is 1. The Morgan fingerprint density at radius 2 is 1.53 bits per heavy atom. The van der Waals surface area contributed by atoms with Crippen molar-refractivity contribution in [2.45, 2.75) is 30.3 Å². The minimum absolute atomic E-state index is 0.0189. The molecule has 2 N–H and O–H groups in total. The molecular weight excluding hydrogens is 460 g/mol. The Bertz CT molecular complexity index is 1240. The van der Waals surface area contributed by atoms with E-state index < -0.39 is 15.8 Å². The quantitative estimate of drug-likeness (QED) is 0.527. The summed E-state index contributed by atoms with van der Waals surface area (Å²) in [5.41, 5.74) is 1.51. The molecule has 178 valence electrons. The number of rotatable bonds is 7. The second-order valence-corrected chi connectivity index (χ2v) is 9.97. The van der Waals surface area contributed by atoms with Crippen LogP contribution in [0.25, 0.3) is 0 Å². The van der Waals surface area contributed by atoms with Gasteiger partial charge in [-0.05, 0) is 73.0 Å². The molecular formula is C25H25F2N3O3S. The lowest BCUT2D eigenvalue weighted by Crippen LogP contribution is -2.44. The van der Waals surface area contributed by atoms with E-state index >= 15 is 0 Å². The topological polar surface area (TPSA) is 78.5 Å². The molecule has 0 aromatic heterocycles. The summed E-state index contributed by atoms with van der Waals surface area (Å²) in [5, 5.41) is 2.99. The van der Waals surface area contributed by atoms with Gasteiger partial charge in [0.1, 0.15) is 11.6 Å². The third kappa shape index (κ3) is 6.18. The van der Waals surface area contributed by atoms with Gasteiger partial charge in [-0.25, -0.2) is 17.2 Å². The lowest BCUT2D eigenvalue weighted by molar-refractivity contribution is 0.0908. The number of amides is 1.